The van der Waals surface area contributed by atoms with E-state index in [-0.39, 0.29) is 18.3 Å². The third kappa shape index (κ3) is 3.53. The molecule has 1 aromatic heterocycles. The first kappa shape index (κ1) is 19.6. The average Bonchev–Trinajstić information content (AvgIpc) is 3.41. The SMILES string of the molecule is NC(=O)C(Nc1ccc2c(c1)OCCn1cc(N3C(=O)OC[C@H]3C(F)F)nc1-2)C1CC1. The van der Waals surface area contributed by atoms with Gasteiger partial charge >= 0.3 is 6.09 Å². The molecule has 2 aromatic rings. The zero-order valence-corrected chi connectivity index (χ0v) is 16.5. The summed E-state index contributed by atoms with van der Waals surface area (Å²) in [7, 11) is 0. The summed E-state index contributed by atoms with van der Waals surface area (Å²) in [5.74, 6) is 0.983. The molecule has 1 saturated heterocycles. The molecule has 5 rings (SSSR count). The Morgan fingerprint density at radius 1 is 1.29 bits per heavy atom. The van der Waals surface area contributed by atoms with Crippen LogP contribution in [-0.4, -0.2) is 53.3 Å². The monoisotopic (exact) mass is 433 g/mol. The van der Waals surface area contributed by atoms with Crippen LogP contribution in [0.4, 0.5) is 25.1 Å². The quantitative estimate of drug-likeness (QED) is 0.723. The van der Waals surface area contributed by atoms with E-state index in [1.54, 1.807) is 29.0 Å². The number of halogens is 2. The molecule has 3 aliphatic rings. The van der Waals surface area contributed by atoms with Crippen LogP contribution in [0.1, 0.15) is 12.8 Å². The molecule has 11 heteroatoms. The van der Waals surface area contributed by atoms with Crippen molar-refractivity contribution in [1.29, 1.82) is 0 Å². The zero-order chi connectivity index (χ0) is 21.7. The van der Waals surface area contributed by atoms with E-state index in [9.17, 15) is 18.4 Å². The molecule has 164 valence electrons. The highest BCUT2D eigenvalue weighted by Gasteiger charge is 2.42. The van der Waals surface area contributed by atoms with Gasteiger partial charge in [0.1, 0.15) is 36.9 Å². The third-order valence-electron chi connectivity index (χ3n) is 5.74. The Morgan fingerprint density at radius 2 is 2.10 bits per heavy atom. The summed E-state index contributed by atoms with van der Waals surface area (Å²) in [5, 5.41) is 3.17. The molecule has 3 N–H and O–H groups in total. The van der Waals surface area contributed by atoms with Crippen LogP contribution in [0.5, 0.6) is 5.75 Å². The average molecular weight is 433 g/mol. The minimum Gasteiger partial charge on any atom is -0.491 e. The molecule has 9 nitrogen and oxygen atoms in total. The van der Waals surface area contributed by atoms with Gasteiger partial charge in [-0.2, -0.15) is 0 Å². The Balaban J connectivity index is 1.46. The van der Waals surface area contributed by atoms with Gasteiger partial charge in [-0.05, 0) is 30.9 Å². The molecule has 2 atom stereocenters. The number of hydrogen-bond acceptors (Lipinski definition) is 6. The predicted molar refractivity (Wildman–Crippen MR) is 106 cm³/mol. The molecule has 2 fully saturated rings. The molecule has 2 aliphatic heterocycles. The predicted octanol–water partition coefficient (Wildman–Crippen LogP) is 2.21. The second-order valence-electron chi connectivity index (χ2n) is 7.89. The number of amides is 2. The molecule has 1 unspecified atom stereocenters. The minimum absolute atomic E-state index is 0.111. The van der Waals surface area contributed by atoms with E-state index in [2.05, 4.69) is 10.3 Å². The molecular weight excluding hydrogens is 412 g/mol. The number of hydrogen-bond donors (Lipinski definition) is 2. The van der Waals surface area contributed by atoms with Crippen molar-refractivity contribution in [3.8, 4) is 17.1 Å². The number of carbonyl (C=O) groups is 2. The van der Waals surface area contributed by atoms with Crippen LogP contribution in [0.3, 0.4) is 0 Å². The van der Waals surface area contributed by atoms with Gasteiger partial charge in [-0.1, -0.05) is 0 Å². The van der Waals surface area contributed by atoms with Crippen LogP contribution in [0.25, 0.3) is 11.4 Å². The van der Waals surface area contributed by atoms with Crippen molar-refractivity contribution in [3.05, 3.63) is 24.4 Å². The van der Waals surface area contributed by atoms with Gasteiger partial charge in [0, 0.05) is 18.0 Å². The van der Waals surface area contributed by atoms with Gasteiger partial charge in [-0.3, -0.25) is 4.79 Å². The lowest BCUT2D eigenvalue weighted by Crippen LogP contribution is -2.38. The van der Waals surface area contributed by atoms with Crippen LogP contribution in [0, 0.1) is 5.92 Å². The van der Waals surface area contributed by atoms with E-state index in [4.69, 9.17) is 15.2 Å². The van der Waals surface area contributed by atoms with E-state index in [0.29, 0.717) is 36.0 Å². The third-order valence-corrected chi connectivity index (χ3v) is 5.74. The number of ether oxygens (including phenoxy) is 2. The maximum Gasteiger partial charge on any atom is 0.416 e. The number of alkyl halides is 2. The fourth-order valence-corrected chi connectivity index (χ4v) is 3.99. The van der Waals surface area contributed by atoms with E-state index in [1.807, 2.05) is 0 Å². The van der Waals surface area contributed by atoms with Gasteiger partial charge in [-0.25, -0.2) is 23.5 Å². The number of primary amides is 1. The largest absolute Gasteiger partial charge is 0.491 e. The van der Waals surface area contributed by atoms with E-state index < -0.39 is 30.5 Å². The number of fused-ring (bicyclic) bond motifs is 3. The molecule has 1 aliphatic carbocycles. The number of nitrogens with one attached hydrogen (secondary N) is 1. The van der Waals surface area contributed by atoms with Crippen LogP contribution >= 0.6 is 0 Å². The Hall–Kier alpha value is -3.37. The molecule has 2 amide bonds. The van der Waals surface area contributed by atoms with Gasteiger partial charge in [0.25, 0.3) is 6.43 Å². The second-order valence-corrected chi connectivity index (χ2v) is 7.89. The van der Waals surface area contributed by atoms with E-state index >= 15 is 0 Å². The summed E-state index contributed by atoms with van der Waals surface area (Å²) in [6.45, 7) is 0.368. The maximum atomic E-state index is 13.3. The lowest BCUT2D eigenvalue weighted by atomic mass is 10.1. The maximum absolute atomic E-state index is 13.3. The number of rotatable bonds is 6. The number of imidazole rings is 1. The van der Waals surface area contributed by atoms with Gasteiger partial charge in [0.2, 0.25) is 5.91 Å². The number of aromatic nitrogens is 2. The topological polar surface area (TPSA) is 112 Å². The number of anilines is 2. The van der Waals surface area contributed by atoms with Gasteiger partial charge < -0.3 is 25.1 Å². The first-order chi connectivity index (χ1) is 14.9. The Kier molecular flexibility index (Phi) is 4.67. The van der Waals surface area contributed by atoms with Crippen molar-refractivity contribution in [3.63, 3.8) is 0 Å². The van der Waals surface area contributed by atoms with Crippen molar-refractivity contribution in [1.82, 2.24) is 9.55 Å². The van der Waals surface area contributed by atoms with E-state index in [1.165, 1.54) is 0 Å². The van der Waals surface area contributed by atoms with Gasteiger partial charge in [-0.15, -0.1) is 0 Å². The number of cyclic esters (lactones) is 1. The van der Waals surface area contributed by atoms with Crippen LogP contribution in [0.2, 0.25) is 0 Å². The summed E-state index contributed by atoms with van der Waals surface area (Å²) in [5.41, 5.74) is 6.86. The number of nitrogens with two attached hydrogens (primary N) is 1. The van der Waals surface area contributed by atoms with Crippen LogP contribution in [-0.2, 0) is 16.1 Å². The summed E-state index contributed by atoms with van der Waals surface area (Å²) in [6.07, 6.45) is -0.117. The van der Waals surface area contributed by atoms with Crippen molar-refractivity contribution in [2.45, 2.75) is 37.9 Å². The van der Waals surface area contributed by atoms with Crippen molar-refractivity contribution >= 4 is 23.5 Å². The standard InChI is InChI=1S/C20H21F2N5O4/c21-17(22)13-9-31-20(29)27(13)15-8-26-5-6-30-14-7-11(3-4-12(14)19(26)25-15)24-16(18(23)28)10-1-2-10/h3-4,7-8,10,13,16-17,24H,1-2,5-6,9H2,(H2,23,28)/t13-,16?/m0/s1. The summed E-state index contributed by atoms with van der Waals surface area (Å²) in [6, 6.07) is 3.52. The lowest BCUT2D eigenvalue weighted by Gasteiger charge is -2.18. The lowest BCUT2D eigenvalue weighted by molar-refractivity contribution is -0.119. The molecule has 1 saturated carbocycles. The smallest absolute Gasteiger partial charge is 0.416 e. The molecule has 0 spiro atoms. The highest BCUT2D eigenvalue weighted by Crippen LogP contribution is 2.38. The first-order valence-corrected chi connectivity index (χ1v) is 10.1. The van der Waals surface area contributed by atoms with E-state index in [0.717, 1.165) is 17.7 Å². The van der Waals surface area contributed by atoms with Crippen LogP contribution < -0.4 is 20.7 Å². The Labute approximate surface area is 176 Å². The zero-order valence-electron chi connectivity index (χ0n) is 16.5. The normalized spacial score (nSPS) is 21.1. The highest BCUT2D eigenvalue weighted by atomic mass is 19.3. The first-order valence-electron chi connectivity index (χ1n) is 10.1. The number of benzene rings is 1. The highest BCUT2D eigenvalue weighted by molar-refractivity contribution is 5.90. The summed E-state index contributed by atoms with van der Waals surface area (Å²) in [4.78, 5) is 29.1. The molecular formula is C20H21F2N5O4. The summed E-state index contributed by atoms with van der Waals surface area (Å²) >= 11 is 0. The fourth-order valence-electron chi connectivity index (χ4n) is 3.99. The van der Waals surface area contributed by atoms with Crippen LogP contribution in [0.15, 0.2) is 24.4 Å². The number of nitrogens with zero attached hydrogens (tertiary/aromatic N) is 3. The van der Waals surface area contributed by atoms with Gasteiger partial charge in [0.15, 0.2) is 5.82 Å². The molecule has 1 aromatic carbocycles. The van der Waals surface area contributed by atoms with Crippen molar-refractivity contribution in [2.75, 3.05) is 23.4 Å². The fraction of sp³-hybridized carbons (Fsp3) is 0.450. The van der Waals surface area contributed by atoms with Crippen molar-refractivity contribution < 1.29 is 27.8 Å². The number of carbonyl (C=O) groups excluding carboxylic acids is 2. The van der Waals surface area contributed by atoms with Gasteiger partial charge in [0.05, 0.1) is 12.1 Å². The minimum atomic E-state index is -2.75. The molecule has 0 bridgehead atoms. The Morgan fingerprint density at radius 3 is 2.81 bits per heavy atom. The summed E-state index contributed by atoms with van der Waals surface area (Å²) < 4.78 is 39.1. The van der Waals surface area contributed by atoms with Crippen molar-refractivity contribution in [2.24, 2.45) is 11.7 Å². The second kappa shape index (κ2) is 7.40. The molecule has 0 radical (unpaired) electrons. The molecule has 31 heavy (non-hydrogen) atoms. The Bertz CT molecular complexity index is 1040. The molecule has 3 heterocycles.